The number of hydrogen-bond acceptors (Lipinski definition) is 3. The van der Waals surface area contributed by atoms with E-state index < -0.39 is 0 Å². The SMILES string of the molecule is CCNC(CC1CN(C)CCN1C)c1cc(C)ccc1F. The lowest BCUT2D eigenvalue weighted by Gasteiger charge is -2.39. The van der Waals surface area contributed by atoms with Gasteiger partial charge in [0.1, 0.15) is 5.82 Å². The molecular formula is C17H28FN3. The number of nitrogens with one attached hydrogen (secondary N) is 1. The lowest BCUT2D eigenvalue weighted by atomic mass is 9.95. The highest BCUT2D eigenvalue weighted by Crippen LogP contribution is 2.25. The van der Waals surface area contributed by atoms with Crippen molar-refractivity contribution in [2.75, 3.05) is 40.3 Å². The number of benzene rings is 1. The molecule has 0 bridgehead atoms. The second-order valence-corrected chi connectivity index (χ2v) is 6.27. The molecule has 21 heavy (non-hydrogen) atoms. The molecule has 118 valence electrons. The summed E-state index contributed by atoms with van der Waals surface area (Å²) < 4.78 is 14.2. The van der Waals surface area contributed by atoms with Crippen molar-refractivity contribution in [3.8, 4) is 0 Å². The van der Waals surface area contributed by atoms with Crippen LogP contribution in [0.4, 0.5) is 4.39 Å². The van der Waals surface area contributed by atoms with Gasteiger partial charge in [-0.15, -0.1) is 0 Å². The Morgan fingerprint density at radius 2 is 2.10 bits per heavy atom. The maximum atomic E-state index is 14.2. The molecular weight excluding hydrogens is 265 g/mol. The summed E-state index contributed by atoms with van der Waals surface area (Å²) in [5, 5.41) is 3.46. The molecule has 2 atom stereocenters. The first kappa shape index (κ1) is 16.4. The highest BCUT2D eigenvalue weighted by molar-refractivity contribution is 5.27. The molecule has 0 spiro atoms. The molecule has 4 heteroatoms. The highest BCUT2D eigenvalue weighted by Gasteiger charge is 2.26. The monoisotopic (exact) mass is 293 g/mol. The first-order chi connectivity index (χ1) is 10.0. The minimum Gasteiger partial charge on any atom is -0.310 e. The fraction of sp³-hybridized carbons (Fsp3) is 0.647. The van der Waals surface area contributed by atoms with Gasteiger partial charge in [-0.1, -0.05) is 24.6 Å². The molecule has 3 nitrogen and oxygen atoms in total. The van der Waals surface area contributed by atoms with Crippen molar-refractivity contribution < 1.29 is 4.39 Å². The van der Waals surface area contributed by atoms with Gasteiger partial charge in [0.25, 0.3) is 0 Å². The molecule has 1 aliphatic heterocycles. The molecule has 1 aromatic carbocycles. The van der Waals surface area contributed by atoms with E-state index in [1.54, 1.807) is 6.07 Å². The second kappa shape index (κ2) is 7.34. The normalized spacial score (nSPS) is 22.4. The molecule has 2 unspecified atom stereocenters. The van der Waals surface area contributed by atoms with E-state index in [4.69, 9.17) is 0 Å². The van der Waals surface area contributed by atoms with Gasteiger partial charge >= 0.3 is 0 Å². The standard InChI is InChI=1S/C17H28FN3/c1-5-19-17(15-10-13(2)6-7-16(15)18)11-14-12-20(3)8-9-21(14)4/h6-7,10,14,17,19H,5,8-9,11-12H2,1-4H3. The van der Waals surface area contributed by atoms with Crippen molar-refractivity contribution >= 4 is 0 Å². The van der Waals surface area contributed by atoms with Crippen LogP contribution in [0.5, 0.6) is 0 Å². The van der Waals surface area contributed by atoms with Crippen LogP contribution < -0.4 is 5.32 Å². The summed E-state index contributed by atoms with van der Waals surface area (Å²) in [7, 11) is 4.34. The number of aryl methyl sites for hydroxylation is 1. The van der Waals surface area contributed by atoms with E-state index in [1.165, 1.54) is 0 Å². The Kier molecular flexibility index (Phi) is 5.73. The van der Waals surface area contributed by atoms with Gasteiger partial charge in [-0.3, -0.25) is 0 Å². The van der Waals surface area contributed by atoms with Gasteiger partial charge in [-0.05, 0) is 40.1 Å². The average Bonchev–Trinajstić information content (AvgIpc) is 2.45. The van der Waals surface area contributed by atoms with Crippen LogP contribution in [0.3, 0.4) is 0 Å². The Labute approximate surface area is 128 Å². The number of rotatable bonds is 5. The summed E-state index contributed by atoms with van der Waals surface area (Å²) in [5.41, 5.74) is 1.92. The van der Waals surface area contributed by atoms with E-state index in [-0.39, 0.29) is 11.9 Å². The van der Waals surface area contributed by atoms with E-state index in [0.29, 0.717) is 6.04 Å². The lowest BCUT2D eigenvalue weighted by Crippen LogP contribution is -2.51. The Morgan fingerprint density at radius 1 is 1.33 bits per heavy atom. The molecule has 2 rings (SSSR count). The molecule has 1 aromatic rings. The smallest absolute Gasteiger partial charge is 0.127 e. The predicted octanol–water partition coefficient (Wildman–Crippen LogP) is 2.42. The van der Waals surface area contributed by atoms with Gasteiger partial charge in [-0.25, -0.2) is 4.39 Å². The number of hydrogen-bond donors (Lipinski definition) is 1. The van der Waals surface area contributed by atoms with Gasteiger partial charge < -0.3 is 15.1 Å². The maximum Gasteiger partial charge on any atom is 0.127 e. The average molecular weight is 293 g/mol. The van der Waals surface area contributed by atoms with Crippen LogP contribution in [0.2, 0.25) is 0 Å². The van der Waals surface area contributed by atoms with Crippen LogP contribution in [0, 0.1) is 12.7 Å². The van der Waals surface area contributed by atoms with Crippen LogP contribution in [0.25, 0.3) is 0 Å². The number of halogens is 1. The van der Waals surface area contributed by atoms with Crippen LogP contribution in [-0.4, -0.2) is 56.1 Å². The van der Waals surface area contributed by atoms with E-state index in [2.05, 4.69) is 36.1 Å². The molecule has 1 saturated heterocycles. The summed E-state index contributed by atoms with van der Waals surface area (Å²) in [6.07, 6.45) is 0.940. The third-order valence-corrected chi connectivity index (χ3v) is 4.47. The van der Waals surface area contributed by atoms with Gasteiger partial charge in [-0.2, -0.15) is 0 Å². The zero-order valence-electron chi connectivity index (χ0n) is 13.7. The predicted molar refractivity (Wildman–Crippen MR) is 86.1 cm³/mol. The molecule has 0 aromatic heterocycles. The molecule has 1 fully saturated rings. The molecule has 0 radical (unpaired) electrons. The lowest BCUT2D eigenvalue weighted by molar-refractivity contribution is 0.101. The molecule has 0 amide bonds. The van der Waals surface area contributed by atoms with E-state index in [9.17, 15) is 4.39 Å². The van der Waals surface area contributed by atoms with Crippen LogP contribution in [0.15, 0.2) is 18.2 Å². The van der Waals surface area contributed by atoms with Crippen molar-refractivity contribution in [2.45, 2.75) is 32.4 Å². The number of likely N-dealkylation sites (N-methyl/N-ethyl adjacent to an activating group) is 2. The fourth-order valence-corrected chi connectivity index (χ4v) is 3.12. The quantitative estimate of drug-likeness (QED) is 0.899. The molecule has 1 heterocycles. The summed E-state index contributed by atoms with van der Waals surface area (Å²) in [4.78, 5) is 4.76. The van der Waals surface area contributed by atoms with Gasteiger partial charge in [0, 0.05) is 37.3 Å². The minimum atomic E-state index is -0.0987. The van der Waals surface area contributed by atoms with E-state index in [0.717, 1.165) is 43.7 Å². The van der Waals surface area contributed by atoms with Crippen molar-refractivity contribution in [3.05, 3.63) is 35.1 Å². The number of nitrogens with zero attached hydrogens (tertiary/aromatic N) is 2. The highest BCUT2D eigenvalue weighted by atomic mass is 19.1. The third-order valence-electron chi connectivity index (χ3n) is 4.47. The molecule has 0 aliphatic carbocycles. The Hall–Kier alpha value is -0.970. The first-order valence-corrected chi connectivity index (χ1v) is 7.89. The summed E-state index contributed by atoms with van der Waals surface area (Å²) in [5.74, 6) is -0.0987. The fourth-order valence-electron chi connectivity index (χ4n) is 3.12. The zero-order chi connectivity index (χ0) is 15.4. The minimum absolute atomic E-state index is 0.0776. The Bertz CT molecular complexity index is 463. The van der Waals surface area contributed by atoms with Crippen molar-refractivity contribution in [1.82, 2.24) is 15.1 Å². The maximum absolute atomic E-state index is 14.2. The molecule has 0 saturated carbocycles. The third kappa shape index (κ3) is 4.25. The summed E-state index contributed by atoms with van der Waals surface area (Å²) >= 11 is 0. The summed E-state index contributed by atoms with van der Waals surface area (Å²) in [6.45, 7) is 8.19. The molecule has 1 N–H and O–H groups in total. The first-order valence-electron chi connectivity index (χ1n) is 7.89. The Balaban J connectivity index is 2.16. The number of piperazine rings is 1. The van der Waals surface area contributed by atoms with E-state index >= 15 is 0 Å². The van der Waals surface area contributed by atoms with Crippen molar-refractivity contribution in [1.29, 1.82) is 0 Å². The van der Waals surface area contributed by atoms with Gasteiger partial charge in [0.2, 0.25) is 0 Å². The second-order valence-electron chi connectivity index (χ2n) is 6.27. The Morgan fingerprint density at radius 3 is 2.81 bits per heavy atom. The topological polar surface area (TPSA) is 18.5 Å². The van der Waals surface area contributed by atoms with Crippen molar-refractivity contribution in [3.63, 3.8) is 0 Å². The van der Waals surface area contributed by atoms with Crippen LogP contribution in [0.1, 0.15) is 30.5 Å². The van der Waals surface area contributed by atoms with Crippen molar-refractivity contribution in [2.24, 2.45) is 0 Å². The van der Waals surface area contributed by atoms with Crippen LogP contribution >= 0.6 is 0 Å². The van der Waals surface area contributed by atoms with Crippen LogP contribution in [-0.2, 0) is 0 Å². The zero-order valence-corrected chi connectivity index (χ0v) is 13.7. The summed E-state index contributed by atoms with van der Waals surface area (Å²) in [6, 6.07) is 5.95. The molecule has 1 aliphatic rings. The van der Waals surface area contributed by atoms with Gasteiger partial charge in [0.05, 0.1) is 0 Å². The largest absolute Gasteiger partial charge is 0.310 e. The van der Waals surface area contributed by atoms with Gasteiger partial charge in [0.15, 0.2) is 0 Å². The van der Waals surface area contributed by atoms with E-state index in [1.807, 2.05) is 19.1 Å².